The van der Waals surface area contributed by atoms with E-state index in [9.17, 15) is 22.0 Å². The average Bonchev–Trinajstić information content (AvgIpc) is 3.15. The Hall–Kier alpha value is -4.23. The second-order valence-electron chi connectivity index (χ2n) is 9.59. The Kier molecular flexibility index (Phi) is 7.22. The Balaban J connectivity index is 1.22. The van der Waals surface area contributed by atoms with Crippen LogP contribution in [0.4, 0.5) is 20.4 Å². The van der Waals surface area contributed by atoms with Crippen molar-refractivity contribution in [3.05, 3.63) is 77.2 Å². The topological polar surface area (TPSA) is 124 Å². The minimum atomic E-state index is -3.54. The molecular weight excluding hydrogens is 556 g/mol. The van der Waals surface area contributed by atoms with Gasteiger partial charge in [-0.05, 0) is 48.0 Å². The summed E-state index contributed by atoms with van der Waals surface area (Å²) in [5.41, 5.74) is 1.87. The Morgan fingerprint density at radius 1 is 1.10 bits per heavy atom. The SMILES string of the molecule is O=C(NCc1cc2nc(N3CCOc4ccc([C@@H](F)CF)nc43)ccc2cn1)c1ccc2c(c1)S(=O)(=O)CCOC2. The molecule has 6 rings (SSSR count). The van der Waals surface area contributed by atoms with Gasteiger partial charge in [-0.3, -0.25) is 9.78 Å². The lowest BCUT2D eigenvalue weighted by atomic mass is 10.1. The lowest BCUT2D eigenvalue weighted by Crippen LogP contribution is -2.30. The second kappa shape index (κ2) is 11.0. The van der Waals surface area contributed by atoms with E-state index in [0.29, 0.717) is 47.3 Å². The lowest BCUT2D eigenvalue weighted by molar-refractivity contribution is 0.0950. The largest absolute Gasteiger partial charge is 0.488 e. The summed E-state index contributed by atoms with van der Waals surface area (Å²) in [6, 6.07) is 12.9. The van der Waals surface area contributed by atoms with E-state index in [1.165, 1.54) is 12.1 Å². The first-order chi connectivity index (χ1) is 19.8. The molecule has 0 saturated heterocycles. The number of rotatable bonds is 6. The van der Waals surface area contributed by atoms with Crippen molar-refractivity contribution in [1.29, 1.82) is 0 Å². The van der Waals surface area contributed by atoms with Crippen molar-refractivity contribution >= 4 is 38.3 Å². The number of halogens is 2. The van der Waals surface area contributed by atoms with Gasteiger partial charge in [-0.2, -0.15) is 0 Å². The van der Waals surface area contributed by atoms with Crippen molar-refractivity contribution in [2.45, 2.75) is 24.2 Å². The minimum Gasteiger partial charge on any atom is -0.488 e. The van der Waals surface area contributed by atoms with Crippen molar-refractivity contribution in [2.24, 2.45) is 0 Å². The molecule has 1 aromatic carbocycles. The number of alkyl halides is 2. The molecule has 0 fully saturated rings. The third kappa shape index (κ3) is 5.42. The zero-order chi connectivity index (χ0) is 28.6. The maximum absolute atomic E-state index is 14.0. The molecule has 2 aliphatic heterocycles. The quantitative estimate of drug-likeness (QED) is 0.362. The van der Waals surface area contributed by atoms with E-state index >= 15 is 0 Å². The van der Waals surface area contributed by atoms with Gasteiger partial charge < -0.3 is 19.7 Å². The number of anilines is 2. The van der Waals surface area contributed by atoms with Crippen LogP contribution in [0.2, 0.25) is 0 Å². The van der Waals surface area contributed by atoms with Crippen molar-refractivity contribution in [3.63, 3.8) is 0 Å². The first-order valence-corrected chi connectivity index (χ1v) is 14.6. The number of hydrogen-bond donors (Lipinski definition) is 1. The molecule has 41 heavy (non-hydrogen) atoms. The summed E-state index contributed by atoms with van der Waals surface area (Å²) < 4.78 is 63.1. The third-order valence-electron chi connectivity index (χ3n) is 6.89. The number of aromatic nitrogens is 3. The van der Waals surface area contributed by atoms with Gasteiger partial charge in [0.15, 0.2) is 27.6 Å². The van der Waals surface area contributed by atoms with Gasteiger partial charge in [0.2, 0.25) is 0 Å². The third-order valence-corrected chi connectivity index (χ3v) is 8.64. The number of benzene rings is 1. The molecule has 212 valence electrons. The number of nitrogens with one attached hydrogen (secondary N) is 1. The number of pyridine rings is 3. The summed E-state index contributed by atoms with van der Waals surface area (Å²) in [6.45, 7) is -0.0397. The van der Waals surface area contributed by atoms with E-state index in [1.807, 2.05) is 6.07 Å². The summed E-state index contributed by atoms with van der Waals surface area (Å²) in [6.07, 6.45) is -0.192. The van der Waals surface area contributed by atoms with Gasteiger partial charge >= 0.3 is 0 Å². The van der Waals surface area contributed by atoms with Crippen LogP contribution in [-0.2, 0) is 27.7 Å². The summed E-state index contributed by atoms with van der Waals surface area (Å²) in [7, 11) is -3.54. The molecule has 2 aliphatic rings. The number of carbonyl (C=O) groups excluding carboxylic acids is 1. The molecule has 10 nitrogen and oxygen atoms in total. The lowest BCUT2D eigenvalue weighted by Gasteiger charge is -2.29. The average molecular weight is 582 g/mol. The van der Waals surface area contributed by atoms with Crippen LogP contribution in [0.5, 0.6) is 5.75 Å². The number of hydrogen-bond acceptors (Lipinski definition) is 9. The van der Waals surface area contributed by atoms with Gasteiger partial charge in [0.05, 0.1) is 53.9 Å². The molecule has 1 N–H and O–H groups in total. The van der Waals surface area contributed by atoms with Crippen LogP contribution in [0.3, 0.4) is 0 Å². The van der Waals surface area contributed by atoms with Crippen LogP contribution in [-0.4, -0.2) is 61.5 Å². The first-order valence-electron chi connectivity index (χ1n) is 12.9. The molecular formula is C28H25F2N5O5S. The highest BCUT2D eigenvalue weighted by Crippen LogP contribution is 2.36. The van der Waals surface area contributed by atoms with Crippen molar-refractivity contribution in [2.75, 3.05) is 37.1 Å². The molecule has 1 amide bonds. The Morgan fingerprint density at radius 2 is 1.98 bits per heavy atom. The van der Waals surface area contributed by atoms with Crippen LogP contribution >= 0.6 is 0 Å². The monoisotopic (exact) mass is 581 g/mol. The van der Waals surface area contributed by atoms with Crippen LogP contribution in [0, 0.1) is 0 Å². The fourth-order valence-corrected chi connectivity index (χ4v) is 6.11. The maximum atomic E-state index is 14.0. The van der Waals surface area contributed by atoms with E-state index in [4.69, 9.17) is 14.5 Å². The molecule has 0 spiro atoms. The standard InChI is InChI=1S/C28H25F2N5O5S/c29-13-21(30)22-4-5-24-27(34-22)35(7-8-40-24)26-6-3-18-14-31-20(12-23(18)33-26)15-32-28(36)17-1-2-19-16-39-9-10-41(37,38)25(19)11-17/h1-6,11-12,14,21H,7-10,13,15-16H2,(H,32,36)/t21-/m0/s1. The number of ether oxygens (including phenoxy) is 2. The molecule has 0 aliphatic carbocycles. The van der Waals surface area contributed by atoms with Crippen molar-refractivity contribution in [3.8, 4) is 5.75 Å². The van der Waals surface area contributed by atoms with Gasteiger partial charge in [-0.1, -0.05) is 6.07 Å². The van der Waals surface area contributed by atoms with E-state index in [0.717, 1.165) is 5.39 Å². The maximum Gasteiger partial charge on any atom is 0.251 e. The zero-order valence-electron chi connectivity index (χ0n) is 21.7. The van der Waals surface area contributed by atoms with Gasteiger partial charge in [-0.15, -0.1) is 0 Å². The molecule has 4 aromatic rings. The van der Waals surface area contributed by atoms with E-state index in [-0.39, 0.29) is 41.7 Å². The van der Waals surface area contributed by atoms with E-state index < -0.39 is 28.6 Å². The van der Waals surface area contributed by atoms with Crippen LogP contribution in [0.15, 0.2) is 59.6 Å². The first kappa shape index (κ1) is 27.0. The molecule has 13 heteroatoms. The van der Waals surface area contributed by atoms with Gasteiger partial charge in [0, 0.05) is 17.1 Å². The molecule has 3 aromatic heterocycles. The smallest absolute Gasteiger partial charge is 0.251 e. The summed E-state index contributed by atoms with van der Waals surface area (Å²) in [5, 5.41) is 3.55. The van der Waals surface area contributed by atoms with Gasteiger partial charge in [-0.25, -0.2) is 27.2 Å². The predicted molar refractivity (Wildman–Crippen MR) is 145 cm³/mol. The summed E-state index contributed by atoms with van der Waals surface area (Å²) in [4.78, 5) is 28.2. The van der Waals surface area contributed by atoms with Crippen LogP contribution in [0.25, 0.3) is 10.9 Å². The summed E-state index contributed by atoms with van der Waals surface area (Å²) in [5.74, 6) is 0.765. The Morgan fingerprint density at radius 3 is 2.83 bits per heavy atom. The molecule has 5 heterocycles. The fourth-order valence-electron chi connectivity index (χ4n) is 4.72. The van der Waals surface area contributed by atoms with E-state index in [1.54, 1.807) is 41.4 Å². The fraction of sp³-hybridized carbons (Fsp3) is 0.286. The number of amides is 1. The molecule has 1 atom stereocenters. The normalized spacial score (nSPS) is 16.7. The second-order valence-corrected chi connectivity index (χ2v) is 11.7. The van der Waals surface area contributed by atoms with Gasteiger partial charge in [0.25, 0.3) is 5.91 Å². The highest BCUT2D eigenvalue weighted by atomic mass is 32.2. The van der Waals surface area contributed by atoms with Crippen LogP contribution in [0.1, 0.15) is 33.5 Å². The Bertz CT molecular complexity index is 1750. The number of sulfone groups is 1. The Labute approximate surface area is 234 Å². The summed E-state index contributed by atoms with van der Waals surface area (Å²) >= 11 is 0. The predicted octanol–water partition coefficient (Wildman–Crippen LogP) is 3.77. The molecule has 0 unspecified atom stereocenters. The highest BCUT2D eigenvalue weighted by molar-refractivity contribution is 7.91. The zero-order valence-corrected chi connectivity index (χ0v) is 22.5. The number of nitrogens with zero attached hydrogens (tertiary/aromatic N) is 4. The molecule has 0 radical (unpaired) electrons. The minimum absolute atomic E-state index is 0.0230. The van der Waals surface area contributed by atoms with Crippen molar-refractivity contribution < 1.29 is 31.5 Å². The van der Waals surface area contributed by atoms with Gasteiger partial charge in [0.1, 0.15) is 19.1 Å². The van der Waals surface area contributed by atoms with Crippen LogP contribution < -0.4 is 15.0 Å². The van der Waals surface area contributed by atoms with Crippen molar-refractivity contribution in [1.82, 2.24) is 20.3 Å². The number of carbonyl (C=O) groups is 1. The highest BCUT2D eigenvalue weighted by Gasteiger charge is 2.26. The van der Waals surface area contributed by atoms with E-state index in [2.05, 4.69) is 15.3 Å². The number of fused-ring (bicyclic) bond motifs is 3. The molecule has 0 bridgehead atoms. The molecule has 0 saturated carbocycles.